The van der Waals surface area contributed by atoms with Crippen molar-refractivity contribution in [3.8, 4) is 17.0 Å². The molecule has 2 atom stereocenters. The summed E-state index contributed by atoms with van der Waals surface area (Å²) in [5.74, 6) is -2.76. The Morgan fingerprint density at radius 2 is 1.80 bits per heavy atom. The monoisotopic (exact) mass is 650 g/mol. The molecule has 1 aliphatic rings. The van der Waals surface area contributed by atoms with Crippen molar-refractivity contribution < 1.29 is 37.0 Å². The van der Waals surface area contributed by atoms with Crippen LogP contribution < -0.4 is 15.8 Å². The molecular formula is C30H24Cl2F4N4O4. The van der Waals surface area contributed by atoms with Crippen LogP contribution in [0.25, 0.3) is 22.2 Å². The molecule has 1 unspecified atom stereocenters. The van der Waals surface area contributed by atoms with Crippen molar-refractivity contribution in [2.24, 2.45) is 5.73 Å². The average molecular weight is 651 g/mol. The molecule has 4 N–H and O–H groups in total. The van der Waals surface area contributed by atoms with Crippen LogP contribution in [-0.2, 0) is 15.8 Å². The first kappa shape index (κ1) is 31.4. The number of carbonyl (C=O) groups excluding carboxylic acids is 2. The predicted octanol–water partition coefficient (Wildman–Crippen LogP) is 5.67. The Hall–Kier alpha value is -4.00. The summed E-state index contributed by atoms with van der Waals surface area (Å²) in [5, 5.41) is 13.6. The smallest absolute Gasteiger partial charge is 0.424 e. The summed E-state index contributed by atoms with van der Waals surface area (Å²) < 4.78 is 63.6. The number of halogens is 6. The summed E-state index contributed by atoms with van der Waals surface area (Å²) in [6.45, 7) is 3.24. The number of aliphatic hydroxyl groups is 1. The number of amides is 2. The van der Waals surface area contributed by atoms with Crippen LogP contribution >= 0.6 is 23.2 Å². The van der Waals surface area contributed by atoms with Crippen LogP contribution in [0.1, 0.15) is 39.8 Å². The highest BCUT2D eigenvalue weighted by molar-refractivity contribution is 6.35. The van der Waals surface area contributed by atoms with Crippen LogP contribution in [-0.4, -0.2) is 46.2 Å². The highest BCUT2D eigenvalue weighted by atomic mass is 35.5. The van der Waals surface area contributed by atoms with Crippen LogP contribution in [0.3, 0.4) is 0 Å². The number of primary amides is 1. The molecule has 0 bridgehead atoms. The van der Waals surface area contributed by atoms with Gasteiger partial charge in [-0.25, -0.2) is 9.37 Å². The van der Waals surface area contributed by atoms with E-state index in [0.717, 1.165) is 23.8 Å². The van der Waals surface area contributed by atoms with E-state index in [0.29, 0.717) is 16.6 Å². The van der Waals surface area contributed by atoms with E-state index in [4.69, 9.17) is 33.7 Å². The molecule has 0 saturated heterocycles. The number of ether oxygens (including phenoxy) is 1. The molecule has 3 heterocycles. The largest absolute Gasteiger partial charge is 0.489 e. The van der Waals surface area contributed by atoms with Crippen molar-refractivity contribution in [1.82, 2.24) is 15.3 Å². The standard InChI is InChI=1S/C30H24Cl2F4N4O4/c1-13-6-16-7-17(9-20(32)23(16)39-14(13)2)26(41)38-11-29(43,30(34,35)36)22-10-18-25(44-12-28(18,3)27(37)42)24(40-22)15-4-5-21(33)19(31)8-15/h4-10,43H,11-12H2,1-3H3,(H2,37,42)(H,38,41)/t28-,29?/m0/s1. The van der Waals surface area contributed by atoms with Crippen LogP contribution in [0.5, 0.6) is 5.75 Å². The lowest BCUT2D eigenvalue weighted by atomic mass is 9.81. The second-order valence-corrected chi connectivity index (χ2v) is 11.6. The molecule has 4 aromatic rings. The molecule has 0 saturated carbocycles. The first-order valence-corrected chi connectivity index (χ1v) is 13.8. The molecule has 1 aliphatic heterocycles. The van der Waals surface area contributed by atoms with Gasteiger partial charge in [-0.15, -0.1) is 0 Å². The number of nitrogens with zero attached hydrogens (tertiary/aromatic N) is 2. The van der Waals surface area contributed by atoms with Gasteiger partial charge in [0.2, 0.25) is 11.5 Å². The second kappa shape index (κ2) is 10.9. The van der Waals surface area contributed by atoms with Gasteiger partial charge in [-0.05, 0) is 68.8 Å². The Bertz CT molecular complexity index is 1870. The Kier molecular flexibility index (Phi) is 7.76. The fourth-order valence-corrected chi connectivity index (χ4v) is 5.31. The highest BCUT2D eigenvalue weighted by Crippen LogP contribution is 2.48. The van der Waals surface area contributed by atoms with Gasteiger partial charge >= 0.3 is 6.18 Å². The van der Waals surface area contributed by atoms with E-state index in [1.165, 1.54) is 25.1 Å². The molecule has 0 spiro atoms. The minimum atomic E-state index is -5.39. The number of hydrogen-bond acceptors (Lipinski definition) is 6. The summed E-state index contributed by atoms with van der Waals surface area (Å²) in [6, 6.07) is 8.57. The third-order valence-electron chi connectivity index (χ3n) is 7.78. The summed E-state index contributed by atoms with van der Waals surface area (Å²) >= 11 is 12.2. The Balaban J connectivity index is 1.60. The van der Waals surface area contributed by atoms with Crippen LogP contribution in [0.2, 0.25) is 10.0 Å². The molecule has 2 aromatic heterocycles. The molecule has 2 aromatic carbocycles. The third-order valence-corrected chi connectivity index (χ3v) is 8.36. The molecule has 0 radical (unpaired) electrons. The van der Waals surface area contributed by atoms with Crippen molar-refractivity contribution in [2.75, 3.05) is 13.2 Å². The van der Waals surface area contributed by atoms with Crippen molar-refractivity contribution >= 4 is 45.9 Å². The molecule has 230 valence electrons. The fourth-order valence-electron chi connectivity index (χ4n) is 4.86. The summed E-state index contributed by atoms with van der Waals surface area (Å²) in [7, 11) is 0. The minimum Gasteiger partial charge on any atom is -0.489 e. The lowest BCUT2D eigenvalue weighted by molar-refractivity contribution is -0.265. The zero-order valence-corrected chi connectivity index (χ0v) is 24.9. The lowest BCUT2D eigenvalue weighted by Crippen LogP contribution is -2.51. The van der Waals surface area contributed by atoms with Gasteiger partial charge in [0, 0.05) is 27.8 Å². The van der Waals surface area contributed by atoms with Crippen molar-refractivity contribution in [3.05, 3.63) is 86.4 Å². The number of aromatic nitrogens is 2. The van der Waals surface area contributed by atoms with E-state index in [-0.39, 0.29) is 44.8 Å². The van der Waals surface area contributed by atoms with E-state index in [2.05, 4.69) is 15.3 Å². The normalized spacial score (nSPS) is 17.6. The zero-order valence-electron chi connectivity index (χ0n) is 23.4. The van der Waals surface area contributed by atoms with Gasteiger partial charge in [0.25, 0.3) is 5.91 Å². The van der Waals surface area contributed by atoms with E-state index in [1.807, 2.05) is 0 Å². The van der Waals surface area contributed by atoms with E-state index in [1.54, 1.807) is 19.9 Å². The number of nitrogens with one attached hydrogen (secondary N) is 1. The van der Waals surface area contributed by atoms with E-state index >= 15 is 0 Å². The van der Waals surface area contributed by atoms with Gasteiger partial charge in [0.1, 0.15) is 29.3 Å². The SMILES string of the molecule is Cc1cc2cc(C(=O)NCC(O)(c3cc4c(c(-c5ccc(F)c(Cl)c5)n3)OC[C@]4(C)C(N)=O)C(F)(F)F)cc(Cl)c2nc1C. The number of aryl methyl sites for hydroxylation is 2. The highest BCUT2D eigenvalue weighted by Gasteiger charge is 2.57. The van der Waals surface area contributed by atoms with E-state index < -0.39 is 47.1 Å². The first-order valence-electron chi connectivity index (χ1n) is 13.0. The number of rotatable bonds is 6. The van der Waals surface area contributed by atoms with Crippen LogP contribution in [0, 0.1) is 19.7 Å². The number of pyridine rings is 2. The zero-order chi connectivity index (χ0) is 32.4. The van der Waals surface area contributed by atoms with Gasteiger partial charge in [0.15, 0.2) is 0 Å². The fraction of sp³-hybridized carbons (Fsp3) is 0.267. The van der Waals surface area contributed by atoms with Crippen molar-refractivity contribution in [2.45, 2.75) is 38.0 Å². The minimum absolute atomic E-state index is 0.0433. The Labute approximate surface area is 258 Å². The number of alkyl halides is 3. The van der Waals surface area contributed by atoms with Crippen molar-refractivity contribution in [3.63, 3.8) is 0 Å². The first-order chi connectivity index (χ1) is 20.5. The molecular weight excluding hydrogens is 627 g/mol. The quantitative estimate of drug-likeness (QED) is 0.231. The van der Waals surface area contributed by atoms with Gasteiger partial charge in [-0.1, -0.05) is 23.2 Å². The van der Waals surface area contributed by atoms with Crippen LogP contribution in [0.4, 0.5) is 17.6 Å². The maximum Gasteiger partial charge on any atom is 0.424 e. The number of benzene rings is 2. The lowest BCUT2D eigenvalue weighted by Gasteiger charge is -2.31. The number of nitrogens with two attached hydrogens (primary N) is 1. The molecule has 8 nitrogen and oxygen atoms in total. The van der Waals surface area contributed by atoms with E-state index in [9.17, 15) is 32.3 Å². The average Bonchev–Trinajstić information content (AvgIpc) is 3.30. The number of fused-ring (bicyclic) bond motifs is 2. The number of hydrogen-bond donors (Lipinski definition) is 3. The third kappa shape index (κ3) is 5.20. The van der Waals surface area contributed by atoms with Gasteiger partial charge in [-0.2, -0.15) is 13.2 Å². The summed E-state index contributed by atoms with van der Waals surface area (Å²) in [6.07, 6.45) is -5.39. The number of carbonyl (C=O) groups is 2. The maximum atomic E-state index is 14.7. The maximum absolute atomic E-state index is 14.7. The van der Waals surface area contributed by atoms with Crippen LogP contribution in [0.15, 0.2) is 42.5 Å². The summed E-state index contributed by atoms with van der Waals surface area (Å²) in [5.41, 5.74) is 0.818. The van der Waals surface area contributed by atoms with Crippen molar-refractivity contribution in [1.29, 1.82) is 0 Å². The molecule has 14 heteroatoms. The van der Waals surface area contributed by atoms with Gasteiger partial charge in [0.05, 0.1) is 27.8 Å². The predicted molar refractivity (Wildman–Crippen MR) is 155 cm³/mol. The molecule has 2 amide bonds. The Morgan fingerprint density at radius 1 is 1.09 bits per heavy atom. The molecule has 5 rings (SSSR count). The molecule has 0 fully saturated rings. The molecule has 44 heavy (non-hydrogen) atoms. The second-order valence-electron chi connectivity index (χ2n) is 10.8. The van der Waals surface area contributed by atoms with Gasteiger partial charge < -0.3 is 20.9 Å². The Morgan fingerprint density at radius 3 is 2.43 bits per heavy atom. The topological polar surface area (TPSA) is 127 Å². The summed E-state index contributed by atoms with van der Waals surface area (Å²) in [4.78, 5) is 34.0. The van der Waals surface area contributed by atoms with Gasteiger partial charge in [-0.3, -0.25) is 14.6 Å². The molecule has 0 aliphatic carbocycles.